The third-order valence-corrected chi connectivity index (χ3v) is 1.53. The Hall–Kier alpha value is -0.740. The van der Waals surface area contributed by atoms with Crippen molar-refractivity contribution in [3.63, 3.8) is 0 Å². The summed E-state index contributed by atoms with van der Waals surface area (Å²) in [4.78, 5) is 0. The fourth-order valence-corrected chi connectivity index (χ4v) is 0.963. The summed E-state index contributed by atoms with van der Waals surface area (Å²) in [6.45, 7) is 11.5. The van der Waals surface area contributed by atoms with Gasteiger partial charge in [0.2, 0.25) is 0 Å². The lowest BCUT2D eigenvalue weighted by Gasteiger charge is -2.05. The zero-order valence-corrected chi connectivity index (χ0v) is 6.98. The monoisotopic (exact) mass is 136 g/mol. The van der Waals surface area contributed by atoms with Gasteiger partial charge in [-0.1, -0.05) is 19.6 Å². The largest absolute Gasteiger partial charge is 0.130 e. The summed E-state index contributed by atoms with van der Waals surface area (Å²) in [5.74, 6) is 0.687. The van der Waals surface area contributed by atoms with E-state index in [2.05, 4.69) is 32.7 Å². The summed E-state index contributed by atoms with van der Waals surface area (Å²) in [5.41, 5.74) is 4.13. The molecule has 0 aromatic heterocycles. The summed E-state index contributed by atoms with van der Waals surface area (Å²) in [5, 5.41) is 0. The van der Waals surface area contributed by atoms with E-state index in [1.165, 1.54) is 5.57 Å². The zero-order valence-electron chi connectivity index (χ0n) is 6.98. The maximum atomic E-state index is 3.69. The highest BCUT2D eigenvalue weighted by molar-refractivity contribution is 4.95. The highest BCUT2D eigenvalue weighted by Gasteiger charge is 1.98. The van der Waals surface area contributed by atoms with Gasteiger partial charge in [-0.2, -0.15) is 0 Å². The second-order valence-electron chi connectivity index (χ2n) is 2.79. The normalized spacial score (nSPS) is 11.8. The zero-order chi connectivity index (χ0) is 7.98. The van der Waals surface area contributed by atoms with Crippen LogP contribution in [0.3, 0.4) is 0 Å². The van der Waals surface area contributed by atoms with Crippen molar-refractivity contribution < 1.29 is 0 Å². The molecule has 0 spiro atoms. The van der Waals surface area contributed by atoms with Gasteiger partial charge in [-0.05, 0) is 31.3 Å². The predicted molar refractivity (Wildman–Crippen MR) is 46.9 cm³/mol. The Kier molecular flexibility index (Phi) is 4.70. The van der Waals surface area contributed by atoms with E-state index in [0.717, 1.165) is 12.8 Å². The van der Waals surface area contributed by atoms with E-state index < -0.39 is 0 Å². The molecule has 0 radical (unpaired) electrons. The molecule has 0 aliphatic rings. The molecule has 0 aliphatic heterocycles. The van der Waals surface area contributed by atoms with E-state index >= 15 is 0 Å². The van der Waals surface area contributed by atoms with Crippen LogP contribution in [-0.2, 0) is 0 Å². The minimum atomic E-state index is 0.687. The van der Waals surface area contributed by atoms with Gasteiger partial charge in [0.25, 0.3) is 0 Å². The Bertz CT molecular complexity index is 147. The van der Waals surface area contributed by atoms with E-state index in [1.54, 1.807) is 0 Å². The minimum absolute atomic E-state index is 0.687. The van der Waals surface area contributed by atoms with Crippen LogP contribution < -0.4 is 0 Å². The molecular weight excluding hydrogens is 120 g/mol. The number of rotatable bonds is 4. The summed E-state index contributed by atoms with van der Waals surface area (Å²) < 4.78 is 0. The molecule has 56 valence electrons. The second-order valence-corrected chi connectivity index (χ2v) is 2.79. The molecule has 0 aromatic rings. The SMILES string of the molecule is C=C=C(C)CC(C)CC=C. The summed E-state index contributed by atoms with van der Waals surface area (Å²) in [6.07, 6.45) is 4.13. The Morgan fingerprint density at radius 2 is 2.30 bits per heavy atom. The van der Waals surface area contributed by atoms with Gasteiger partial charge in [0, 0.05) is 0 Å². The summed E-state index contributed by atoms with van der Waals surface area (Å²) in [7, 11) is 0. The number of hydrogen-bond acceptors (Lipinski definition) is 0. The minimum Gasteiger partial charge on any atom is -0.130 e. The van der Waals surface area contributed by atoms with Crippen molar-refractivity contribution >= 4 is 0 Å². The second kappa shape index (κ2) is 5.08. The molecule has 0 N–H and O–H groups in total. The predicted octanol–water partition coefficient (Wildman–Crippen LogP) is 3.32. The van der Waals surface area contributed by atoms with Gasteiger partial charge in [-0.25, -0.2) is 0 Å². The van der Waals surface area contributed by atoms with Crippen molar-refractivity contribution in [3.8, 4) is 0 Å². The van der Waals surface area contributed by atoms with E-state index in [9.17, 15) is 0 Å². The van der Waals surface area contributed by atoms with Crippen LogP contribution in [0.15, 0.2) is 30.5 Å². The van der Waals surface area contributed by atoms with Gasteiger partial charge in [0.05, 0.1) is 0 Å². The highest BCUT2D eigenvalue weighted by atomic mass is 14.0. The molecule has 10 heavy (non-hydrogen) atoms. The van der Waals surface area contributed by atoms with Crippen molar-refractivity contribution in [2.24, 2.45) is 5.92 Å². The first kappa shape index (κ1) is 9.26. The molecular formula is C10H16. The van der Waals surface area contributed by atoms with E-state index in [1.807, 2.05) is 6.08 Å². The smallest absolute Gasteiger partial charge is 0.0218 e. The topological polar surface area (TPSA) is 0 Å². The highest BCUT2D eigenvalue weighted by Crippen LogP contribution is 2.12. The average molecular weight is 136 g/mol. The number of hydrogen-bond donors (Lipinski definition) is 0. The van der Waals surface area contributed by atoms with Crippen LogP contribution in [-0.4, -0.2) is 0 Å². The van der Waals surface area contributed by atoms with E-state index in [0.29, 0.717) is 5.92 Å². The van der Waals surface area contributed by atoms with Crippen LogP contribution in [0.25, 0.3) is 0 Å². The fraction of sp³-hybridized carbons (Fsp3) is 0.500. The van der Waals surface area contributed by atoms with Crippen LogP contribution in [0.1, 0.15) is 26.7 Å². The molecule has 0 heteroatoms. The van der Waals surface area contributed by atoms with Crippen LogP contribution in [0, 0.1) is 5.92 Å². The van der Waals surface area contributed by atoms with Gasteiger partial charge in [-0.15, -0.1) is 12.3 Å². The first-order valence-electron chi connectivity index (χ1n) is 3.67. The first-order chi connectivity index (χ1) is 4.70. The molecule has 1 atom stereocenters. The Labute approximate surface area is 64.0 Å². The molecule has 0 aliphatic carbocycles. The van der Waals surface area contributed by atoms with Crippen LogP contribution >= 0.6 is 0 Å². The van der Waals surface area contributed by atoms with Crippen molar-refractivity contribution in [2.45, 2.75) is 26.7 Å². The summed E-state index contributed by atoms with van der Waals surface area (Å²) >= 11 is 0. The molecule has 0 bridgehead atoms. The van der Waals surface area contributed by atoms with Gasteiger partial charge in [0.15, 0.2) is 0 Å². The third-order valence-electron chi connectivity index (χ3n) is 1.53. The van der Waals surface area contributed by atoms with Crippen molar-refractivity contribution in [1.29, 1.82) is 0 Å². The molecule has 0 aromatic carbocycles. The quantitative estimate of drug-likeness (QED) is 0.411. The van der Waals surface area contributed by atoms with Crippen molar-refractivity contribution in [1.82, 2.24) is 0 Å². The van der Waals surface area contributed by atoms with Crippen LogP contribution in [0.5, 0.6) is 0 Å². The Morgan fingerprint density at radius 3 is 2.70 bits per heavy atom. The van der Waals surface area contributed by atoms with Gasteiger partial charge < -0.3 is 0 Å². The molecule has 0 fully saturated rings. The molecule has 1 unspecified atom stereocenters. The standard InChI is InChI=1S/C10H16/c1-5-7-10(4)8-9(3)6-2/h5,10H,1-2,7-8H2,3-4H3. The molecule has 0 amide bonds. The third kappa shape index (κ3) is 4.17. The number of allylic oxidation sites excluding steroid dienone is 2. The van der Waals surface area contributed by atoms with Gasteiger partial charge >= 0.3 is 0 Å². The van der Waals surface area contributed by atoms with Gasteiger partial charge in [0.1, 0.15) is 0 Å². The molecule has 0 saturated heterocycles. The lowest BCUT2D eigenvalue weighted by Crippen LogP contribution is -1.92. The molecule has 0 rings (SSSR count). The van der Waals surface area contributed by atoms with E-state index in [4.69, 9.17) is 0 Å². The Balaban J connectivity index is 3.67. The van der Waals surface area contributed by atoms with Crippen LogP contribution in [0.4, 0.5) is 0 Å². The fourth-order valence-electron chi connectivity index (χ4n) is 0.963. The van der Waals surface area contributed by atoms with Crippen molar-refractivity contribution in [3.05, 3.63) is 30.5 Å². The van der Waals surface area contributed by atoms with E-state index in [-0.39, 0.29) is 0 Å². The van der Waals surface area contributed by atoms with Crippen molar-refractivity contribution in [2.75, 3.05) is 0 Å². The maximum absolute atomic E-state index is 3.69. The molecule has 0 saturated carbocycles. The van der Waals surface area contributed by atoms with Crippen LogP contribution in [0.2, 0.25) is 0 Å². The lowest BCUT2D eigenvalue weighted by atomic mass is 10.00. The average Bonchev–Trinajstić information content (AvgIpc) is 1.88. The maximum Gasteiger partial charge on any atom is -0.0218 e. The summed E-state index contributed by atoms with van der Waals surface area (Å²) in [6, 6.07) is 0. The molecule has 0 heterocycles. The lowest BCUT2D eigenvalue weighted by molar-refractivity contribution is 0.587. The Morgan fingerprint density at radius 1 is 1.70 bits per heavy atom. The molecule has 0 nitrogen and oxygen atoms in total. The first-order valence-corrected chi connectivity index (χ1v) is 3.67. The van der Waals surface area contributed by atoms with Gasteiger partial charge in [-0.3, -0.25) is 0 Å².